The van der Waals surface area contributed by atoms with Gasteiger partial charge in [-0.15, -0.1) is 0 Å². The molecule has 4 nitrogen and oxygen atoms in total. The summed E-state index contributed by atoms with van der Waals surface area (Å²) in [7, 11) is -3.45. The van der Waals surface area contributed by atoms with Crippen molar-refractivity contribution in [2.75, 3.05) is 6.26 Å². The van der Waals surface area contributed by atoms with Crippen LogP contribution in [0.3, 0.4) is 0 Å². The minimum Gasteiger partial charge on any atom is -0.232 e. The standard InChI is InChI=1S/C23H16F3IN2O2S/c1-32(30,31)19-13-9-16(10-14-19)21-20(15-7-11-17(27)12-8-15)22(23(24,25)26)28-29(21)18-5-3-2-4-6-18/h2-14H,1H3. The van der Waals surface area contributed by atoms with Gasteiger partial charge >= 0.3 is 6.18 Å². The minimum absolute atomic E-state index is 0.0649. The van der Waals surface area contributed by atoms with Gasteiger partial charge in [0.1, 0.15) is 0 Å². The number of para-hydroxylation sites is 1. The lowest BCUT2D eigenvalue weighted by atomic mass is 9.98. The first-order chi connectivity index (χ1) is 15.1. The van der Waals surface area contributed by atoms with Crippen molar-refractivity contribution in [2.45, 2.75) is 11.1 Å². The van der Waals surface area contributed by atoms with E-state index in [2.05, 4.69) is 27.7 Å². The Morgan fingerprint density at radius 3 is 1.94 bits per heavy atom. The molecular weight excluding hydrogens is 552 g/mol. The molecule has 9 heteroatoms. The number of alkyl halides is 3. The minimum atomic E-state index is -4.69. The third kappa shape index (κ3) is 4.44. The topological polar surface area (TPSA) is 52.0 Å². The fraction of sp³-hybridized carbons (Fsp3) is 0.0870. The van der Waals surface area contributed by atoms with Crippen LogP contribution in [0.5, 0.6) is 0 Å². The molecule has 0 aliphatic heterocycles. The first-order valence-corrected chi connectivity index (χ1v) is 12.3. The van der Waals surface area contributed by atoms with Crippen LogP contribution in [0.1, 0.15) is 5.69 Å². The average Bonchev–Trinajstić information content (AvgIpc) is 3.15. The maximum atomic E-state index is 14.1. The molecule has 1 aromatic heterocycles. The highest BCUT2D eigenvalue weighted by atomic mass is 127. The van der Waals surface area contributed by atoms with Crippen molar-refractivity contribution >= 4 is 32.4 Å². The number of halogens is 4. The lowest BCUT2D eigenvalue weighted by molar-refractivity contribution is -0.140. The van der Waals surface area contributed by atoms with E-state index in [4.69, 9.17) is 0 Å². The number of aromatic nitrogens is 2. The second-order valence-corrected chi connectivity index (χ2v) is 10.4. The van der Waals surface area contributed by atoms with E-state index in [0.717, 1.165) is 9.83 Å². The monoisotopic (exact) mass is 568 g/mol. The zero-order valence-corrected chi connectivity index (χ0v) is 19.6. The van der Waals surface area contributed by atoms with Crippen LogP contribution in [-0.2, 0) is 16.0 Å². The largest absolute Gasteiger partial charge is 0.435 e. The van der Waals surface area contributed by atoms with Gasteiger partial charge in [0, 0.05) is 21.0 Å². The molecule has 0 N–H and O–H groups in total. The lowest BCUT2D eigenvalue weighted by Crippen LogP contribution is -2.08. The van der Waals surface area contributed by atoms with Crippen molar-refractivity contribution < 1.29 is 21.6 Å². The van der Waals surface area contributed by atoms with Gasteiger partial charge in [0.2, 0.25) is 0 Å². The molecule has 0 aliphatic rings. The van der Waals surface area contributed by atoms with E-state index >= 15 is 0 Å². The molecule has 1 heterocycles. The van der Waals surface area contributed by atoms with E-state index in [0.29, 0.717) is 16.8 Å². The Bertz CT molecular complexity index is 1360. The molecule has 3 aromatic carbocycles. The highest BCUT2D eigenvalue weighted by Gasteiger charge is 2.40. The van der Waals surface area contributed by atoms with E-state index in [1.165, 1.54) is 28.9 Å². The van der Waals surface area contributed by atoms with E-state index in [1.54, 1.807) is 54.6 Å². The number of rotatable bonds is 4. The van der Waals surface area contributed by atoms with Gasteiger partial charge in [0.25, 0.3) is 0 Å². The van der Waals surface area contributed by atoms with Crippen LogP contribution in [0.2, 0.25) is 0 Å². The van der Waals surface area contributed by atoms with Crippen LogP contribution in [0.4, 0.5) is 13.2 Å². The molecular formula is C23H16F3IN2O2S. The average molecular weight is 568 g/mol. The Balaban J connectivity index is 2.07. The van der Waals surface area contributed by atoms with Crippen LogP contribution in [0, 0.1) is 3.57 Å². The van der Waals surface area contributed by atoms with Crippen LogP contribution in [0.15, 0.2) is 83.8 Å². The van der Waals surface area contributed by atoms with Crippen molar-refractivity contribution in [3.63, 3.8) is 0 Å². The Morgan fingerprint density at radius 2 is 1.41 bits per heavy atom. The molecule has 0 amide bonds. The number of hydrogen-bond acceptors (Lipinski definition) is 3. The van der Waals surface area contributed by atoms with Gasteiger partial charge in [-0.25, -0.2) is 13.1 Å². The van der Waals surface area contributed by atoms with Crippen molar-refractivity contribution in [1.82, 2.24) is 9.78 Å². The van der Waals surface area contributed by atoms with Crippen LogP contribution < -0.4 is 0 Å². The third-order valence-corrected chi connectivity index (χ3v) is 6.69. The zero-order valence-electron chi connectivity index (χ0n) is 16.6. The second-order valence-electron chi connectivity index (χ2n) is 7.12. The van der Waals surface area contributed by atoms with E-state index in [9.17, 15) is 21.6 Å². The van der Waals surface area contributed by atoms with Gasteiger partial charge in [-0.05, 0) is 64.6 Å². The molecule has 0 saturated carbocycles. The van der Waals surface area contributed by atoms with Gasteiger partial charge < -0.3 is 0 Å². The Hall–Kier alpha value is -2.66. The van der Waals surface area contributed by atoms with Gasteiger partial charge in [-0.1, -0.05) is 42.5 Å². The summed E-state index contributed by atoms with van der Waals surface area (Å²) >= 11 is 2.09. The Kier molecular flexibility index (Phi) is 5.89. The summed E-state index contributed by atoms with van der Waals surface area (Å²) in [6.45, 7) is 0. The van der Waals surface area contributed by atoms with Gasteiger partial charge in [-0.3, -0.25) is 0 Å². The first kappa shape index (κ1) is 22.5. The molecule has 32 heavy (non-hydrogen) atoms. The maximum absolute atomic E-state index is 14.1. The smallest absolute Gasteiger partial charge is 0.232 e. The van der Waals surface area contributed by atoms with Crippen LogP contribution >= 0.6 is 22.6 Å². The number of benzene rings is 3. The fourth-order valence-corrected chi connectivity index (χ4v) is 4.38. The molecule has 4 aromatic rings. The first-order valence-electron chi connectivity index (χ1n) is 9.38. The van der Waals surface area contributed by atoms with Crippen molar-refractivity contribution in [1.29, 1.82) is 0 Å². The van der Waals surface area contributed by atoms with Gasteiger partial charge in [-0.2, -0.15) is 18.3 Å². The summed E-state index contributed by atoms with van der Waals surface area (Å²) in [5.41, 5.74) is 0.385. The number of sulfone groups is 1. The fourth-order valence-electron chi connectivity index (χ4n) is 3.39. The SMILES string of the molecule is CS(=O)(=O)c1ccc(-c2c(-c3ccc(I)cc3)c(C(F)(F)F)nn2-c2ccccc2)cc1. The highest BCUT2D eigenvalue weighted by molar-refractivity contribution is 14.1. The number of nitrogens with zero attached hydrogens (tertiary/aromatic N) is 2. The Labute approximate surface area is 196 Å². The molecule has 0 radical (unpaired) electrons. The molecule has 0 spiro atoms. The van der Waals surface area contributed by atoms with Crippen molar-refractivity contribution in [2.24, 2.45) is 0 Å². The predicted octanol–water partition coefficient (Wildman–Crippen LogP) is 6.23. The zero-order chi connectivity index (χ0) is 23.1. The molecule has 0 bridgehead atoms. The predicted molar refractivity (Wildman–Crippen MR) is 125 cm³/mol. The lowest BCUT2D eigenvalue weighted by Gasteiger charge is -2.12. The molecule has 0 unspecified atom stereocenters. The molecule has 4 rings (SSSR count). The summed E-state index contributed by atoms with van der Waals surface area (Å²) in [5, 5.41) is 3.97. The Morgan fingerprint density at radius 1 is 0.844 bits per heavy atom. The summed E-state index contributed by atoms with van der Waals surface area (Å²) in [4.78, 5) is 0.0823. The molecule has 164 valence electrons. The summed E-state index contributed by atoms with van der Waals surface area (Å²) in [5.74, 6) is 0. The van der Waals surface area contributed by atoms with Gasteiger partial charge in [0.05, 0.1) is 16.3 Å². The summed E-state index contributed by atoms with van der Waals surface area (Å²) in [6, 6.07) is 21.0. The molecule has 0 aliphatic carbocycles. The normalized spacial score (nSPS) is 12.2. The second kappa shape index (κ2) is 8.36. The maximum Gasteiger partial charge on any atom is 0.435 e. The number of hydrogen-bond donors (Lipinski definition) is 0. The van der Waals surface area contributed by atoms with Crippen LogP contribution in [0.25, 0.3) is 28.1 Å². The highest BCUT2D eigenvalue weighted by Crippen LogP contribution is 2.43. The molecule has 0 fully saturated rings. The summed E-state index contributed by atoms with van der Waals surface area (Å²) in [6.07, 6.45) is -3.62. The van der Waals surface area contributed by atoms with Crippen LogP contribution in [-0.4, -0.2) is 24.5 Å². The van der Waals surface area contributed by atoms with E-state index < -0.39 is 21.7 Å². The molecule has 0 atom stereocenters. The quantitative estimate of drug-likeness (QED) is 0.274. The molecule has 0 saturated heterocycles. The summed E-state index contributed by atoms with van der Waals surface area (Å²) < 4.78 is 68.2. The third-order valence-electron chi connectivity index (χ3n) is 4.84. The van der Waals surface area contributed by atoms with Crippen molar-refractivity contribution in [3.05, 3.63) is 88.1 Å². The van der Waals surface area contributed by atoms with E-state index in [1.807, 2.05) is 0 Å². The van der Waals surface area contributed by atoms with Gasteiger partial charge in [0.15, 0.2) is 15.5 Å². The van der Waals surface area contributed by atoms with E-state index in [-0.39, 0.29) is 16.2 Å². The van der Waals surface area contributed by atoms with Crippen molar-refractivity contribution in [3.8, 4) is 28.1 Å².